The summed E-state index contributed by atoms with van der Waals surface area (Å²) >= 11 is 0. The molecule has 0 spiro atoms. The molecule has 0 aliphatic carbocycles. The van der Waals surface area contributed by atoms with Gasteiger partial charge in [0.25, 0.3) is 0 Å². The largest absolute Gasteiger partial charge is 0.480 e. The fourth-order valence-electron chi connectivity index (χ4n) is 2.27. The van der Waals surface area contributed by atoms with E-state index in [2.05, 4.69) is 0 Å². The molecule has 7 nitrogen and oxygen atoms in total. The van der Waals surface area contributed by atoms with Crippen LogP contribution < -0.4 is 5.73 Å². The van der Waals surface area contributed by atoms with Crippen molar-refractivity contribution in [1.82, 2.24) is 9.80 Å². The van der Waals surface area contributed by atoms with Gasteiger partial charge in [-0.05, 0) is 18.8 Å². The third kappa shape index (κ3) is 4.11. The molecule has 0 aromatic rings. The molecule has 1 aliphatic heterocycles. The summed E-state index contributed by atoms with van der Waals surface area (Å²) in [5.74, 6) is -1.43. The van der Waals surface area contributed by atoms with Gasteiger partial charge in [-0.3, -0.25) is 4.79 Å². The number of aliphatic carboxylic acids is 1. The lowest BCUT2D eigenvalue weighted by molar-refractivity contribution is -0.141. The van der Waals surface area contributed by atoms with E-state index in [0.717, 1.165) is 0 Å². The molecule has 1 atom stereocenters. The van der Waals surface area contributed by atoms with Crippen LogP contribution in [0.3, 0.4) is 0 Å². The molecule has 0 aromatic heterocycles. The van der Waals surface area contributed by atoms with Crippen molar-refractivity contribution in [2.45, 2.75) is 32.7 Å². The molecule has 1 saturated heterocycles. The number of amides is 3. The Kier molecular flexibility index (Phi) is 5.14. The maximum absolute atomic E-state index is 12.3. The van der Waals surface area contributed by atoms with Crippen molar-refractivity contribution in [3.8, 4) is 0 Å². The third-order valence-corrected chi connectivity index (χ3v) is 2.99. The van der Waals surface area contributed by atoms with Crippen LogP contribution in [-0.4, -0.2) is 58.5 Å². The molecule has 108 valence electrons. The lowest BCUT2D eigenvalue weighted by atomic mass is 10.2. The minimum Gasteiger partial charge on any atom is -0.480 e. The van der Waals surface area contributed by atoms with Crippen LogP contribution in [0.25, 0.3) is 0 Å². The molecule has 0 aromatic carbocycles. The monoisotopic (exact) mass is 271 g/mol. The second-order valence-electron chi connectivity index (χ2n) is 5.21. The van der Waals surface area contributed by atoms with Crippen LogP contribution in [0.15, 0.2) is 0 Å². The predicted molar refractivity (Wildman–Crippen MR) is 68.4 cm³/mol. The Balaban J connectivity index is 2.79. The molecule has 1 fully saturated rings. The van der Waals surface area contributed by atoms with Crippen LogP contribution in [0.5, 0.6) is 0 Å². The summed E-state index contributed by atoms with van der Waals surface area (Å²) in [4.78, 5) is 37.1. The molecule has 1 aliphatic rings. The summed E-state index contributed by atoms with van der Waals surface area (Å²) in [6.45, 7) is 4.44. The summed E-state index contributed by atoms with van der Waals surface area (Å²) in [5, 5.41) is 9.07. The van der Waals surface area contributed by atoms with Gasteiger partial charge >= 0.3 is 12.0 Å². The summed E-state index contributed by atoms with van der Waals surface area (Å²) in [5.41, 5.74) is 5.13. The van der Waals surface area contributed by atoms with E-state index >= 15 is 0 Å². The summed E-state index contributed by atoms with van der Waals surface area (Å²) in [6.07, 6.45) is 1.11. The van der Waals surface area contributed by atoms with Crippen LogP contribution >= 0.6 is 0 Å². The van der Waals surface area contributed by atoms with Gasteiger partial charge in [0.1, 0.15) is 12.6 Å². The van der Waals surface area contributed by atoms with E-state index in [4.69, 9.17) is 10.8 Å². The quantitative estimate of drug-likeness (QED) is 0.739. The maximum atomic E-state index is 12.3. The number of carboxylic acids is 1. The number of primary amides is 1. The number of carbonyl (C=O) groups is 3. The Morgan fingerprint density at radius 3 is 2.53 bits per heavy atom. The van der Waals surface area contributed by atoms with E-state index in [-0.39, 0.29) is 12.5 Å². The minimum atomic E-state index is -1.01. The highest BCUT2D eigenvalue weighted by Gasteiger charge is 2.36. The SMILES string of the molecule is CC(C)CN(CC(N)=O)C(=O)N1CCCC1C(=O)O. The van der Waals surface area contributed by atoms with Crippen LogP contribution in [-0.2, 0) is 9.59 Å². The fraction of sp³-hybridized carbons (Fsp3) is 0.750. The second-order valence-corrected chi connectivity index (χ2v) is 5.21. The van der Waals surface area contributed by atoms with Crippen LogP contribution in [0.4, 0.5) is 4.79 Å². The second kappa shape index (κ2) is 6.40. The van der Waals surface area contributed by atoms with Crippen molar-refractivity contribution in [3.63, 3.8) is 0 Å². The van der Waals surface area contributed by atoms with Gasteiger partial charge in [-0.2, -0.15) is 0 Å². The van der Waals surface area contributed by atoms with Gasteiger partial charge < -0.3 is 20.6 Å². The molecule has 0 radical (unpaired) electrons. The highest BCUT2D eigenvalue weighted by molar-refractivity contribution is 5.86. The smallest absolute Gasteiger partial charge is 0.326 e. The van der Waals surface area contributed by atoms with Crippen molar-refractivity contribution in [2.75, 3.05) is 19.6 Å². The van der Waals surface area contributed by atoms with Crippen molar-refractivity contribution in [1.29, 1.82) is 0 Å². The number of carbonyl (C=O) groups excluding carboxylic acids is 2. The van der Waals surface area contributed by atoms with E-state index in [1.165, 1.54) is 9.80 Å². The number of likely N-dealkylation sites (tertiary alicyclic amines) is 1. The maximum Gasteiger partial charge on any atom is 0.326 e. The highest BCUT2D eigenvalue weighted by Crippen LogP contribution is 2.19. The van der Waals surface area contributed by atoms with Gasteiger partial charge in [0.15, 0.2) is 0 Å². The van der Waals surface area contributed by atoms with Gasteiger partial charge in [-0.1, -0.05) is 13.8 Å². The lowest BCUT2D eigenvalue weighted by Gasteiger charge is -2.30. The number of carboxylic acid groups (broad SMARTS) is 1. The van der Waals surface area contributed by atoms with Gasteiger partial charge in [0.2, 0.25) is 5.91 Å². The number of hydrogen-bond donors (Lipinski definition) is 2. The first-order chi connectivity index (χ1) is 8.82. The van der Waals surface area contributed by atoms with Crippen LogP contribution in [0.1, 0.15) is 26.7 Å². The van der Waals surface area contributed by atoms with Gasteiger partial charge in [0.05, 0.1) is 0 Å². The average molecular weight is 271 g/mol. The van der Waals surface area contributed by atoms with Gasteiger partial charge in [-0.15, -0.1) is 0 Å². The minimum absolute atomic E-state index is 0.175. The molecule has 3 amide bonds. The Morgan fingerprint density at radius 2 is 2.05 bits per heavy atom. The first kappa shape index (κ1) is 15.3. The molecule has 3 N–H and O–H groups in total. The van der Waals surface area contributed by atoms with Crippen molar-refractivity contribution in [2.24, 2.45) is 11.7 Å². The van der Waals surface area contributed by atoms with E-state index in [1.54, 1.807) is 0 Å². The normalized spacial score (nSPS) is 18.7. The zero-order valence-electron chi connectivity index (χ0n) is 11.3. The molecule has 7 heteroatoms. The number of nitrogens with zero attached hydrogens (tertiary/aromatic N) is 2. The van der Waals surface area contributed by atoms with Crippen molar-refractivity contribution < 1.29 is 19.5 Å². The Morgan fingerprint density at radius 1 is 1.42 bits per heavy atom. The molecule has 19 heavy (non-hydrogen) atoms. The first-order valence-corrected chi connectivity index (χ1v) is 6.39. The van der Waals surface area contributed by atoms with Crippen molar-refractivity contribution >= 4 is 17.9 Å². The number of hydrogen-bond acceptors (Lipinski definition) is 3. The Bertz CT molecular complexity index is 370. The summed E-state index contributed by atoms with van der Waals surface area (Å²) in [6, 6.07) is -1.22. The number of nitrogens with two attached hydrogens (primary N) is 1. The van der Waals surface area contributed by atoms with Crippen LogP contribution in [0.2, 0.25) is 0 Å². The molecule has 1 unspecified atom stereocenters. The van der Waals surface area contributed by atoms with E-state index in [9.17, 15) is 14.4 Å². The molecule has 1 heterocycles. The highest BCUT2D eigenvalue weighted by atomic mass is 16.4. The topological polar surface area (TPSA) is 104 Å². The Hall–Kier alpha value is -1.79. The third-order valence-electron chi connectivity index (χ3n) is 2.99. The molecule has 0 saturated carbocycles. The van der Waals surface area contributed by atoms with E-state index in [1.807, 2.05) is 13.8 Å². The van der Waals surface area contributed by atoms with Gasteiger partial charge in [0, 0.05) is 13.1 Å². The number of rotatable bonds is 5. The Labute approximate surface area is 112 Å². The molecule has 1 rings (SSSR count). The predicted octanol–water partition coefficient (Wildman–Crippen LogP) is 0.0987. The first-order valence-electron chi connectivity index (χ1n) is 6.39. The van der Waals surface area contributed by atoms with E-state index < -0.39 is 23.9 Å². The number of urea groups is 1. The lowest BCUT2D eigenvalue weighted by Crippen LogP contribution is -2.51. The zero-order chi connectivity index (χ0) is 14.6. The molecular formula is C12H21N3O4. The average Bonchev–Trinajstić information content (AvgIpc) is 2.74. The van der Waals surface area contributed by atoms with Gasteiger partial charge in [-0.25, -0.2) is 9.59 Å². The van der Waals surface area contributed by atoms with Crippen LogP contribution in [0, 0.1) is 5.92 Å². The molecular weight excluding hydrogens is 250 g/mol. The summed E-state index contributed by atoms with van der Waals surface area (Å²) < 4.78 is 0. The standard InChI is InChI=1S/C12H21N3O4/c1-8(2)6-14(7-10(13)16)12(19)15-5-3-4-9(15)11(17)18/h8-9H,3-7H2,1-2H3,(H2,13,16)(H,17,18). The van der Waals surface area contributed by atoms with E-state index in [0.29, 0.717) is 25.9 Å². The fourth-order valence-corrected chi connectivity index (χ4v) is 2.27. The zero-order valence-corrected chi connectivity index (χ0v) is 11.3. The van der Waals surface area contributed by atoms with Crippen molar-refractivity contribution in [3.05, 3.63) is 0 Å². The molecule has 0 bridgehead atoms. The summed E-state index contributed by atoms with van der Waals surface area (Å²) in [7, 11) is 0.